The second-order valence-electron chi connectivity index (χ2n) is 9.41. The SMILES string of the molecule is Cc1ccc(Oc2ccc(N3C(=S)NC(c4ccccn4)C3c3ccc(-c4ccc([N+](=O)[O-])cc4)o3)cc2)cc1. The second-order valence-corrected chi connectivity index (χ2v) is 9.80. The molecule has 0 spiro atoms. The molecule has 198 valence electrons. The highest BCUT2D eigenvalue weighted by Gasteiger charge is 2.42. The minimum atomic E-state index is -0.422. The summed E-state index contributed by atoms with van der Waals surface area (Å²) in [6, 6.07) is 30.9. The van der Waals surface area contributed by atoms with Gasteiger partial charge < -0.3 is 19.4 Å². The number of rotatable bonds is 7. The van der Waals surface area contributed by atoms with Gasteiger partial charge in [0.05, 0.1) is 16.7 Å². The van der Waals surface area contributed by atoms with Crippen molar-refractivity contribution < 1.29 is 14.1 Å². The first kappa shape index (κ1) is 25.3. The van der Waals surface area contributed by atoms with E-state index in [0.717, 1.165) is 22.7 Å². The first-order chi connectivity index (χ1) is 19.5. The molecule has 8 nitrogen and oxygen atoms in total. The van der Waals surface area contributed by atoms with Gasteiger partial charge in [-0.1, -0.05) is 23.8 Å². The number of anilines is 1. The highest BCUT2D eigenvalue weighted by atomic mass is 32.1. The minimum Gasteiger partial charge on any atom is -0.459 e. The van der Waals surface area contributed by atoms with Crippen LogP contribution in [0.2, 0.25) is 0 Å². The standard InChI is InChI=1S/C31H24N4O4S/c1-20-5-13-24(14-6-20)38-25-15-11-22(12-16-25)34-30(29(33-31(34)40)26-4-2-3-19-32-26)28-18-17-27(39-28)21-7-9-23(10-8-21)35(36)37/h2-19,29-30H,1H3,(H,33,40). The number of thiocarbonyl (C=S) groups is 1. The molecule has 1 saturated heterocycles. The average Bonchev–Trinajstić information content (AvgIpc) is 3.60. The highest BCUT2D eigenvalue weighted by Crippen LogP contribution is 2.43. The average molecular weight is 549 g/mol. The third-order valence-electron chi connectivity index (χ3n) is 6.75. The summed E-state index contributed by atoms with van der Waals surface area (Å²) in [6.07, 6.45) is 1.75. The largest absolute Gasteiger partial charge is 0.459 e. The lowest BCUT2D eigenvalue weighted by atomic mass is 10.0. The first-order valence-corrected chi connectivity index (χ1v) is 13.1. The fraction of sp³-hybridized carbons (Fsp3) is 0.0968. The van der Waals surface area contributed by atoms with Crippen LogP contribution in [0.25, 0.3) is 11.3 Å². The number of pyridine rings is 1. The monoisotopic (exact) mass is 548 g/mol. The molecule has 2 atom stereocenters. The van der Waals surface area contributed by atoms with Gasteiger partial charge in [-0.3, -0.25) is 15.1 Å². The Morgan fingerprint density at radius 2 is 1.62 bits per heavy atom. The van der Waals surface area contributed by atoms with Gasteiger partial charge in [0, 0.05) is 29.6 Å². The van der Waals surface area contributed by atoms with Gasteiger partial charge in [-0.2, -0.15) is 0 Å². The van der Waals surface area contributed by atoms with Crippen molar-refractivity contribution >= 4 is 28.7 Å². The van der Waals surface area contributed by atoms with Gasteiger partial charge >= 0.3 is 0 Å². The van der Waals surface area contributed by atoms with Crippen molar-refractivity contribution in [2.24, 2.45) is 0 Å². The quantitative estimate of drug-likeness (QED) is 0.127. The molecule has 0 bridgehead atoms. The second kappa shape index (κ2) is 10.6. The third kappa shape index (κ3) is 5.02. The zero-order valence-corrected chi connectivity index (χ0v) is 22.2. The first-order valence-electron chi connectivity index (χ1n) is 12.7. The number of benzene rings is 3. The van der Waals surface area contributed by atoms with Gasteiger partial charge in [-0.25, -0.2) is 0 Å². The predicted octanol–water partition coefficient (Wildman–Crippen LogP) is 7.53. The number of non-ortho nitro benzene ring substituents is 1. The fourth-order valence-electron chi connectivity index (χ4n) is 4.75. The molecule has 0 saturated carbocycles. The van der Waals surface area contributed by atoms with E-state index in [9.17, 15) is 10.1 Å². The Morgan fingerprint density at radius 3 is 2.27 bits per heavy atom. The van der Waals surface area contributed by atoms with E-state index in [2.05, 4.69) is 10.3 Å². The summed E-state index contributed by atoms with van der Waals surface area (Å²) < 4.78 is 12.4. The van der Waals surface area contributed by atoms with Crippen molar-refractivity contribution in [2.45, 2.75) is 19.0 Å². The van der Waals surface area contributed by atoms with E-state index in [1.807, 2.05) is 90.7 Å². The lowest BCUT2D eigenvalue weighted by molar-refractivity contribution is -0.384. The molecule has 6 rings (SSSR count). The number of aryl methyl sites for hydroxylation is 1. The van der Waals surface area contributed by atoms with Gasteiger partial charge in [0.15, 0.2) is 5.11 Å². The highest BCUT2D eigenvalue weighted by molar-refractivity contribution is 7.80. The van der Waals surface area contributed by atoms with E-state index in [1.54, 1.807) is 18.3 Å². The van der Waals surface area contributed by atoms with Crippen LogP contribution < -0.4 is 15.0 Å². The Morgan fingerprint density at radius 1 is 0.925 bits per heavy atom. The summed E-state index contributed by atoms with van der Waals surface area (Å²) in [4.78, 5) is 17.2. The van der Waals surface area contributed by atoms with Crippen LogP contribution in [-0.2, 0) is 0 Å². The van der Waals surface area contributed by atoms with Gasteiger partial charge in [0.2, 0.25) is 0 Å². The zero-order chi connectivity index (χ0) is 27.6. The Balaban J connectivity index is 1.33. The number of hydrogen-bond donors (Lipinski definition) is 1. The summed E-state index contributed by atoms with van der Waals surface area (Å²) in [5, 5.41) is 15.0. The number of aromatic nitrogens is 1. The van der Waals surface area contributed by atoms with Crippen LogP contribution in [0.3, 0.4) is 0 Å². The smallest absolute Gasteiger partial charge is 0.269 e. The Bertz CT molecular complexity index is 1650. The van der Waals surface area contributed by atoms with Crippen molar-refractivity contribution in [3.63, 3.8) is 0 Å². The molecule has 1 aliphatic heterocycles. The van der Waals surface area contributed by atoms with Gasteiger partial charge in [-0.05, 0) is 91.9 Å². The molecule has 2 unspecified atom stereocenters. The number of hydrogen-bond acceptors (Lipinski definition) is 6. The maximum Gasteiger partial charge on any atom is 0.269 e. The number of nitrogens with zero attached hydrogens (tertiary/aromatic N) is 3. The topological polar surface area (TPSA) is 93.7 Å². The summed E-state index contributed by atoms with van der Waals surface area (Å²) in [5.74, 6) is 2.75. The molecule has 9 heteroatoms. The Labute approximate surface area is 236 Å². The predicted molar refractivity (Wildman–Crippen MR) is 156 cm³/mol. The van der Waals surface area contributed by atoms with Crippen LogP contribution >= 0.6 is 12.2 Å². The molecule has 5 aromatic rings. The van der Waals surface area contributed by atoms with Crippen LogP contribution in [0.15, 0.2) is 114 Å². The Hall–Kier alpha value is -5.02. The van der Waals surface area contributed by atoms with Crippen molar-refractivity contribution in [2.75, 3.05) is 4.90 Å². The third-order valence-corrected chi connectivity index (χ3v) is 7.07. The summed E-state index contributed by atoms with van der Waals surface area (Å²) in [7, 11) is 0. The van der Waals surface area contributed by atoms with E-state index in [1.165, 1.54) is 17.7 Å². The van der Waals surface area contributed by atoms with Gasteiger partial charge in [-0.15, -0.1) is 0 Å². The number of ether oxygens (including phenoxy) is 1. The fourth-order valence-corrected chi connectivity index (χ4v) is 5.10. The van der Waals surface area contributed by atoms with Crippen LogP contribution in [0.4, 0.5) is 11.4 Å². The number of furan rings is 1. The lowest BCUT2D eigenvalue weighted by Gasteiger charge is -2.26. The van der Waals surface area contributed by atoms with Crippen LogP contribution in [-0.4, -0.2) is 15.0 Å². The van der Waals surface area contributed by atoms with Crippen molar-refractivity contribution in [1.82, 2.24) is 10.3 Å². The normalized spacial score (nSPS) is 16.5. The maximum atomic E-state index is 11.1. The van der Waals surface area contributed by atoms with Crippen molar-refractivity contribution in [3.05, 3.63) is 136 Å². The molecular formula is C31H24N4O4S. The molecule has 3 heterocycles. The van der Waals surface area contributed by atoms with Gasteiger partial charge in [0.25, 0.3) is 5.69 Å². The molecule has 0 amide bonds. The van der Waals surface area contributed by atoms with Crippen molar-refractivity contribution in [1.29, 1.82) is 0 Å². The van der Waals surface area contributed by atoms with E-state index >= 15 is 0 Å². The van der Waals surface area contributed by atoms with Crippen LogP contribution in [0, 0.1) is 17.0 Å². The Kier molecular flexibility index (Phi) is 6.71. The molecule has 40 heavy (non-hydrogen) atoms. The number of nitrogens with one attached hydrogen (secondary N) is 1. The molecule has 0 radical (unpaired) electrons. The minimum absolute atomic E-state index is 0.0251. The number of nitro benzene ring substituents is 1. The van der Waals surface area contributed by atoms with E-state index in [-0.39, 0.29) is 17.8 Å². The van der Waals surface area contributed by atoms with E-state index in [0.29, 0.717) is 22.4 Å². The molecule has 2 aromatic heterocycles. The molecule has 1 N–H and O–H groups in total. The maximum absolute atomic E-state index is 11.1. The molecular weight excluding hydrogens is 524 g/mol. The number of nitro groups is 1. The van der Waals surface area contributed by atoms with Crippen LogP contribution in [0.5, 0.6) is 11.5 Å². The zero-order valence-electron chi connectivity index (χ0n) is 21.4. The summed E-state index contributed by atoms with van der Waals surface area (Å²) in [6.45, 7) is 2.04. The molecule has 1 aliphatic rings. The van der Waals surface area contributed by atoms with E-state index < -0.39 is 4.92 Å². The lowest BCUT2D eigenvalue weighted by Crippen LogP contribution is -2.29. The van der Waals surface area contributed by atoms with Crippen molar-refractivity contribution in [3.8, 4) is 22.8 Å². The van der Waals surface area contributed by atoms with E-state index in [4.69, 9.17) is 21.4 Å². The van der Waals surface area contributed by atoms with Gasteiger partial charge in [0.1, 0.15) is 29.1 Å². The van der Waals surface area contributed by atoms with Crippen LogP contribution in [0.1, 0.15) is 29.1 Å². The molecule has 1 fully saturated rings. The summed E-state index contributed by atoms with van der Waals surface area (Å²) in [5.41, 5.74) is 3.62. The summed E-state index contributed by atoms with van der Waals surface area (Å²) >= 11 is 5.82. The molecule has 3 aromatic carbocycles. The molecule has 0 aliphatic carbocycles.